The predicted octanol–water partition coefficient (Wildman–Crippen LogP) is 1.20. The molecule has 0 atom stereocenters. The van der Waals surface area contributed by atoms with Gasteiger partial charge in [-0.15, -0.1) is 11.3 Å². The third-order valence-corrected chi connectivity index (χ3v) is 3.51. The molecule has 0 amide bonds. The summed E-state index contributed by atoms with van der Waals surface area (Å²) in [5.41, 5.74) is 5.93. The minimum Gasteiger partial charge on any atom is -0.378 e. The Bertz CT molecular complexity index is 369. The Balaban J connectivity index is 1.90. The molecule has 5 heteroatoms. The molecule has 4 nitrogen and oxygen atoms in total. The number of aryl methyl sites for hydroxylation is 1. The maximum Gasteiger partial charge on any atom is 0.191 e. The van der Waals surface area contributed by atoms with Gasteiger partial charge in [-0.05, 0) is 19.1 Å². The molecule has 1 saturated heterocycles. The van der Waals surface area contributed by atoms with Crippen molar-refractivity contribution in [3.63, 3.8) is 0 Å². The molecule has 88 valence electrons. The Kier molecular flexibility index (Phi) is 3.79. The molecule has 2 N–H and O–H groups in total. The lowest BCUT2D eigenvalue weighted by Gasteiger charge is -2.27. The van der Waals surface area contributed by atoms with E-state index in [1.165, 1.54) is 9.75 Å². The quantitative estimate of drug-likeness (QED) is 0.623. The summed E-state index contributed by atoms with van der Waals surface area (Å²) >= 11 is 1.77. The van der Waals surface area contributed by atoms with Gasteiger partial charge in [-0.2, -0.15) is 0 Å². The highest BCUT2D eigenvalue weighted by atomic mass is 32.1. The van der Waals surface area contributed by atoms with E-state index in [-0.39, 0.29) is 0 Å². The summed E-state index contributed by atoms with van der Waals surface area (Å²) in [5, 5.41) is 0. The molecular formula is C11H17N3OS. The second-order valence-corrected chi connectivity index (χ2v) is 5.16. The van der Waals surface area contributed by atoms with E-state index in [0.717, 1.165) is 26.3 Å². The highest BCUT2D eigenvalue weighted by Gasteiger charge is 2.11. The fraction of sp³-hybridized carbons (Fsp3) is 0.545. The highest BCUT2D eigenvalue weighted by Crippen LogP contribution is 2.15. The maximum absolute atomic E-state index is 5.93. The van der Waals surface area contributed by atoms with Crippen molar-refractivity contribution in [3.8, 4) is 0 Å². The van der Waals surface area contributed by atoms with Crippen LogP contribution in [0.3, 0.4) is 0 Å². The minimum absolute atomic E-state index is 0.634. The molecule has 1 fully saturated rings. The molecule has 2 rings (SSSR count). The van der Waals surface area contributed by atoms with Crippen LogP contribution in [0.4, 0.5) is 0 Å². The Morgan fingerprint density at radius 1 is 1.50 bits per heavy atom. The fourth-order valence-corrected chi connectivity index (χ4v) is 2.44. The Hall–Kier alpha value is -1.07. The zero-order valence-electron chi connectivity index (χ0n) is 9.48. The summed E-state index contributed by atoms with van der Waals surface area (Å²) in [5.74, 6) is 0.634. The molecule has 1 aliphatic heterocycles. The lowest BCUT2D eigenvalue weighted by molar-refractivity contribution is 0.0674. The van der Waals surface area contributed by atoms with Crippen LogP contribution in [0.25, 0.3) is 0 Å². The minimum atomic E-state index is 0.634. The number of thiophene rings is 1. The lowest BCUT2D eigenvalue weighted by atomic mass is 10.4. The van der Waals surface area contributed by atoms with Crippen molar-refractivity contribution in [2.75, 3.05) is 26.3 Å². The topological polar surface area (TPSA) is 50.8 Å². The van der Waals surface area contributed by atoms with Crippen molar-refractivity contribution in [1.82, 2.24) is 4.90 Å². The van der Waals surface area contributed by atoms with Crippen LogP contribution in [0.15, 0.2) is 17.1 Å². The smallest absolute Gasteiger partial charge is 0.191 e. The van der Waals surface area contributed by atoms with E-state index in [0.29, 0.717) is 12.5 Å². The molecule has 0 spiro atoms. The van der Waals surface area contributed by atoms with Crippen LogP contribution in [0.2, 0.25) is 0 Å². The van der Waals surface area contributed by atoms with E-state index >= 15 is 0 Å². The molecular weight excluding hydrogens is 222 g/mol. The zero-order valence-corrected chi connectivity index (χ0v) is 10.3. The van der Waals surface area contributed by atoms with Gasteiger partial charge in [0.1, 0.15) is 0 Å². The summed E-state index contributed by atoms with van der Waals surface area (Å²) in [6.45, 7) is 5.96. The van der Waals surface area contributed by atoms with Gasteiger partial charge in [0.25, 0.3) is 0 Å². The maximum atomic E-state index is 5.93. The number of morpholine rings is 1. The molecule has 1 aromatic rings. The van der Waals surface area contributed by atoms with Crippen molar-refractivity contribution >= 4 is 17.3 Å². The van der Waals surface area contributed by atoms with Crippen LogP contribution >= 0.6 is 11.3 Å². The third kappa shape index (κ3) is 2.96. The van der Waals surface area contributed by atoms with Gasteiger partial charge in [-0.3, -0.25) is 0 Å². The molecule has 16 heavy (non-hydrogen) atoms. The van der Waals surface area contributed by atoms with Gasteiger partial charge >= 0.3 is 0 Å². The average molecular weight is 239 g/mol. The second-order valence-electron chi connectivity index (χ2n) is 3.79. The second kappa shape index (κ2) is 5.32. The van der Waals surface area contributed by atoms with Crippen molar-refractivity contribution < 1.29 is 4.74 Å². The number of aliphatic imine (C=N–C) groups is 1. The third-order valence-electron chi connectivity index (χ3n) is 2.53. The molecule has 1 aliphatic rings. The number of rotatable bonds is 2. The molecule has 0 aliphatic carbocycles. The Morgan fingerprint density at radius 2 is 2.25 bits per heavy atom. The largest absolute Gasteiger partial charge is 0.378 e. The number of nitrogens with two attached hydrogens (primary N) is 1. The summed E-state index contributed by atoms with van der Waals surface area (Å²) < 4.78 is 5.27. The summed E-state index contributed by atoms with van der Waals surface area (Å²) in [6.07, 6.45) is 0. The van der Waals surface area contributed by atoms with Gasteiger partial charge in [0.2, 0.25) is 0 Å². The SMILES string of the molecule is Cc1ccc(CN=C(N)N2CCOCC2)s1. The molecule has 2 heterocycles. The molecule has 0 radical (unpaired) electrons. The Labute approximate surface area is 99.7 Å². The van der Waals surface area contributed by atoms with E-state index < -0.39 is 0 Å². The van der Waals surface area contributed by atoms with Crippen molar-refractivity contribution in [2.45, 2.75) is 13.5 Å². The van der Waals surface area contributed by atoms with E-state index in [4.69, 9.17) is 10.5 Å². The van der Waals surface area contributed by atoms with Crippen LogP contribution in [-0.2, 0) is 11.3 Å². The van der Waals surface area contributed by atoms with E-state index in [2.05, 4.69) is 28.9 Å². The molecule has 0 aromatic carbocycles. The number of hydrogen-bond acceptors (Lipinski definition) is 3. The number of nitrogens with zero attached hydrogens (tertiary/aromatic N) is 2. The summed E-state index contributed by atoms with van der Waals surface area (Å²) in [6, 6.07) is 4.22. The van der Waals surface area contributed by atoms with Crippen molar-refractivity contribution in [1.29, 1.82) is 0 Å². The standard InChI is InChI=1S/C11H17N3OS/c1-9-2-3-10(16-9)8-13-11(12)14-4-6-15-7-5-14/h2-3H,4-8H2,1H3,(H2,12,13). The van der Waals surface area contributed by atoms with Gasteiger partial charge in [0, 0.05) is 22.8 Å². The van der Waals surface area contributed by atoms with Gasteiger partial charge in [0.05, 0.1) is 19.8 Å². The molecule has 0 bridgehead atoms. The lowest BCUT2D eigenvalue weighted by Crippen LogP contribution is -2.44. The first-order valence-electron chi connectivity index (χ1n) is 5.43. The Morgan fingerprint density at radius 3 is 2.88 bits per heavy atom. The zero-order chi connectivity index (χ0) is 11.4. The van der Waals surface area contributed by atoms with Crippen molar-refractivity contribution in [3.05, 3.63) is 21.9 Å². The van der Waals surface area contributed by atoms with Crippen LogP contribution in [-0.4, -0.2) is 37.2 Å². The van der Waals surface area contributed by atoms with E-state index in [1.54, 1.807) is 11.3 Å². The molecule has 1 aromatic heterocycles. The van der Waals surface area contributed by atoms with Gasteiger partial charge in [-0.1, -0.05) is 0 Å². The van der Waals surface area contributed by atoms with Crippen LogP contribution in [0.1, 0.15) is 9.75 Å². The van der Waals surface area contributed by atoms with Crippen molar-refractivity contribution in [2.24, 2.45) is 10.7 Å². The van der Waals surface area contributed by atoms with E-state index in [1.807, 2.05) is 0 Å². The number of hydrogen-bond donors (Lipinski definition) is 1. The first-order valence-corrected chi connectivity index (χ1v) is 6.25. The number of ether oxygens (including phenoxy) is 1. The van der Waals surface area contributed by atoms with Gasteiger partial charge in [-0.25, -0.2) is 4.99 Å². The van der Waals surface area contributed by atoms with Crippen LogP contribution in [0, 0.1) is 6.92 Å². The number of guanidine groups is 1. The van der Waals surface area contributed by atoms with Crippen LogP contribution in [0.5, 0.6) is 0 Å². The fourth-order valence-electron chi connectivity index (χ4n) is 1.62. The van der Waals surface area contributed by atoms with Gasteiger partial charge in [0.15, 0.2) is 5.96 Å². The first kappa shape index (κ1) is 11.4. The molecule has 0 unspecified atom stereocenters. The van der Waals surface area contributed by atoms with Gasteiger partial charge < -0.3 is 15.4 Å². The molecule has 0 saturated carbocycles. The highest BCUT2D eigenvalue weighted by molar-refractivity contribution is 7.11. The van der Waals surface area contributed by atoms with E-state index in [9.17, 15) is 0 Å². The normalized spacial score (nSPS) is 17.8. The summed E-state index contributed by atoms with van der Waals surface area (Å²) in [4.78, 5) is 9.05. The summed E-state index contributed by atoms with van der Waals surface area (Å²) in [7, 11) is 0. The average Bonchev–Trinajstić information content (AvgIpc) is 2.73. The van der Waals surface area contributed by atoms with Crippen LogP contribution < -0.4 is 5.73 Å². The monoisotopic (exact) mass is 239 g/mol. The predicted molar refractivity (Wildman–Crippen MR) is 66.8 cm³/mol. The first-order chi connectivity index (χ1) is 7.75.